The summed E-state index contributed by atoms with van der Waals surface area (Å²) in [7, 11) is -3.33. The van der Waals surface area contributed by atoms with E-state index in [4.69, 9.17) is 4.84 Å². The van der Waals surface area contributed by atoms with Crippen molar-refractivity contribution in [2.24, 2.45) is 5.16 Å². The molecule has 0 aliphatic heterocycles. The molecule has 1 aromatic heterocycles. The van der Waals surface area contributed by atoms with E-state index in [0.29, 0.717) is 24.7 Å². The number of carbonyl (C=O) groups is 2. The molecule has 1 amide bonds. The topological polar surface area (TPSA) is 128 Å². The van der Waals surface area contributed by atoms with Gasteiger partial charge in [-0.1, -0.05) is 17.3 Å². The number of amides is 1. The van der Waals surface area contributed by atoms with Crippen molar-refractivity contribution >= 4 is 33.6 Å². The molecular formula is C21H22N4O5S. The lowest BCUT2D eigenvalue weighted by Crippen LogP contribution is -2.25. The van der Waals surface area contributed by atoms with Crippen molar-refractivity contribution in [1.29, 1.82) is 0 Å². The molecule has 0 atom stereocenters. The first-order valence-corrected chi connectivity index (χ1v) is 11.7. The van der Waals surface area contributed by atoms with E-state index in [1.165, 1.54) is 24.5 Å². The summed E-state index contributed by atoms with van der Waals surface area (Å²) in [4.78, 5) is 37.3. The number of nitrogens with one attached hydrogen (secondary N) is 1. The standard InChI is InChI=1S/C21H22N4O5S/c26-13-15-11-23-19(12-22-15)24-21(27)20(25-30-16-3-1-2-4-16)14-5-7-17(8-6-14)31(28,29)18-9-10-18/h5-8,11-13,16,18H,1-4,9-10H2,(H,23,24,27)/b25-20+. The Bertz CT molecular complexity index is 1090. The van der Waals surface area contributed by atoms with Gasteiger partial charge in [-0.25, -0.2) is 18.4 Å². The van der Waals surface area contributed by atoms with Crippen LogP contribution in [0.5, 0.6) is 0 Å². The number of hydrogen-bond donors (Lipinski definition) is 1. The largest absolute Gasteiger partial charge is 0.392 e. The fourth-order valence-electron chi connectivity index (χ4n) is 3.36. The maximum atomic E-state index is 12.9. The maximum absolute atomic E-state index is 12.9. The van der Waals surface area contributed by atoms with Crippen LogP contribution in [0.4, 0.5) is 5.82 Å². The first-order valence-electron chi connectivity index (χ1n) is 10.1. The number of sulfone groups is 1. The number of aldehydes is 1. The van der Waals surface area contributed by atoms with E-state index < -0.39 is 15.7 Å². The van der Waals surface area contributed by atoms with Crippen molar-refractivity contribution in [1.82, 2.24) is 9.97 Å². The Morgan fingerprint density at radius 2 is 1.77 bits per heavy atom. The second kappa shape index (κ2) is 8.93. The van der Waals surface area contributed by atoms with Gasteiger partial charge in [-0.3, -0.25) is 9.59 Å². The zero-order valence-electron chi connectivity index (χ0n) is 16.7. The zero-order chi connectivity index (χ0) is 21.8. The van der Waals surface area contributed by atoms with Gasteiger partial charge >= 0.3 is 0 Å². The molecule has 2 aromatic rings. The Balaban J connectivity index is 1.57. The Labute approximate surface area is 179 Å². The van der Waals surface area contributed by atoms with E-state index in [0.717, 1.165) is 25.7 Å². The highest BCUT2D eigenvalue weighted by Gasteiger charge is 2.36. The number of rotatable bonds is 8. The fourth-order valence-corrected chi connectivity index (χ4v) is 5.02. The van der Waals surface area contributed by atoms with Crippen molar-refractivity contribution in [3.05, 3.63) is 47.9 Å². The van der Waals surface area contributed by atoms with Crippen LogP contribution >= 0.6 is 0 Å². The molecule has 1 aromatic carbocycles. The lowest BCUT2D eigenvalue weighted by atomic mass is 10.1. The molecule has 4 rings (SSSR count). The smallest absolute Gasteiger partial charge is 0.279 e. The van der Waals surface area contributed by atoms with Crippen LogP contribution < -0.4 is 5.32 Å². The quantitative estimate of drug-likeness (QED) is 0.378. The summed E-state index contributed by atoms with van der Waals surface area (Å²) in [6, 6.07) is 6.07. The van der Waals surface area contributed by atoms with Crippen molar-refractivity contribution in [2.45, 2.75) is 54.8 Å². The highest BCUT2D eigenvalue weighted by molar-refractivity contribution is 7.92. The van der Waals surface area contributed by atoms with Crippen LogP contribution in [0.3, 0.4) is 0 Å². The molecule has 2 aliphatic carbocycles. The number of hydrogen-bond acceptors (Lipinski definition) is 8. The third kappa shape index (κ3) is 4.96. The van der Waals surface area contributed by atoms with Crippen molar-refractivity contribution < 1.29 is 22.8 Å². The van der Waals surface area contributed by atoms with Gasteiger partial charge in [-0.15, -0.1) is 0 Å². The first-order chi connectivity index (χ1) is 15.0. The second-order valence-corrected chi connectivity index (χ2v) is 9.85. The van der Waals surface area contributed by atoms with Gasteiger partial charge in [0, 0.05) is 5.56 Å². The van der Waals surface area contributed by atoms with E-state index in [2.05, 4.69) is 20.4 Å². The van der Waals surface area contributed by atoms with Crippen LogP contribution in [0.2, 0.25) is 0 Å². The molecular weight excluding hydrogens is 420 g/mol. The van der Waals surface area contributed by atoms with Crippen LogP contribution in [-0.2, 0) is 19.5 Å². The molecule has 9 nitrogen and oxygen atoms in total. The van der Waals surface area contributed by atoms with Crippen molar-refractivity contribution in [3.63, 3.8) is 0 Å². The Morgan fingerprint density at radius 1 is 1.06 bits per heavy atom. The molecule has 0 saturated heterocycles. The van der Waals surface area contributed by atoms with Gasteiger partial charge in [0.25, 0.3) is 5.91 Å². The minimum atomic E-state index is -3.33. The van der Waals surface area contributed by atoms with Crippen molar-refractivity contribution in [2.75, 3.05) is 5.32 Å². The number of carbonyl (C=O) groups excluding carboxylic acids is 2. The summed E-state index contributed by atoms with van der Waals surface area (Å²) in [5.41, 5.74) is 0.565. The number of aromatic nitrogens is 2. The lowest BCUT2D eigenvalue weighted by molar-refractivity contribution is -0.110. The molecule has 2 fully saturated rings. The zero-order valence-corrected chi connectivity index (χ0v) is 17.5. The SMILES string of the molecule is O=Cc1cnc(NC(=O)/C(=N/OC2CCCC2)c2ccc(S(=O)(=O)C3CC3)cc2)cn1. The Hall–Kier alpha value is -3.14. The third-order valence-electron chi connectivity index (χ3n) is 5.26. The molecule has 31 heavy (non-hydrogen) atoms. The molecule has 2 saturated carbocycles. The second-order valence-electron chi connectivity index (χ2n) is 7.62. The predicted octanol–water partition coefficient (Wildman–Crippen LogP) is 2.53. The van der Waals surface area contributed by atoms with E-state index in [-0.39, 0.29) is 33.5 Å². The average Bonchev–Trinajstić information content (AvgIpc) is 3.52. The molecule has 1 heterocycles. The predicted molar refractivity (Wildman–Crippen MR) is 113 cm³/mol. The van der Waals surface area contributed by atoms with Crippen LogP contribution in [0, 0.1) is 0 Å². The first kappa shape index (κ1) is 21.1. The monoisotopic (exact) mass is 442 g/mol. The molecule has 0 radical (unpaired) electrons. The van der Waals surface area contributed by atoms with Gasteiger partial charge in [0.15, 0.2) is 27.7 Å². The van der Waals surface area contributed by atoms with E-state index >= 15 is 0 Å². The van der Waals surface area contributed by atoms with Crippen LogP contribution in [-0.4, -0.2) is 47.6 Å². The van der Waals surface area contributed by atoms with Crippen LogP contribution in [0.25, 0.3) is 0 Å². The normalized spacial score (nSPS) is 17.4. The molecule has 2 aliphatic rings. The number of benzene rings is 1. The molecule has 0 unspecified atom stereocenters. The maximum Gasteiger partial charge on any atom is 0.279 e. The van der Waals surface area contributed by atoms with Gasteiger partial charge in [0.1, 0.15) is 11.8 Å². The Morgan fingerprint density at radius 3 is 2.35 bits per heavy atom. The van der Waals surface area contributed by atoms with E-state index in [1.807, 2.05) is 0 Å². The van der Waals surface area contributed by atoms with Crippen LogP contribution in [0.15, 0.2) is 46.7 Å². The average molecular weight is 442 g/mol. The molecule has 0 bridgehead atoms. The molecule has 1 N–H and O–H groups in total. The summed E-state index contributed by atoms with van der Waals surface area (Å²) in [6.45, 7) is 0. The minimum Gasteiger partial charge on any atom is -0.392 e. The molecule has 0 spiro atoms. The third-order valence-corrected chi connectivity index (χ3v) is 7.54. The van der Waals surface area contributed by atoms with E-state index in [9.17, 15) is 18.0 Å². The van der Waals surface area contributed by atoms with Gasteiger partial charge in [-0.2, -0.15) is 0 Å². The van der Waals surface area contributed by atoms with Gasteiger partial charge in [0.2, 0.25) is 0 Å². The van der Waals surface area contributed by atoms with Gasteiger partial charge in [0.05, 0.1) is 22.5 Å². The molecule has 10 heteroatoms. The van der Waals surface area contributed by atoms with E-state index in [1.54, 1.807) is 12.1 Å². The lowest BCUT2D eigenvalue weighted by Gasteiger charge is -2.11. The fraction of sp³-hybridized carbons (Fsp3) is 0.381. The highest BCUT2D eigenvalue weighted by atomic mass is 32.2. The number of nitrogens with zero attached hydrogens (tertiary/aromatic N) is 3. The van der Waals surface area contributed by atoms with Crippen LogP contribution in [0.1, 0.15) is 54.6 Å². The van der Waals surface area contributed by atoms with Crippen molar-refractivity contribution in [3.8, 4) is 0 Å². The minimum absolute atomic E-state index is 0.00327. The summed E-state index contributed by atoms with van der Waals surface area (Å²) < 4.78 is 24.9. The summed E-state index contributed by atoms with van der Waals surface area (Å²) >= 11 is 0. The number of anilines is 1. The number of oxime groups is 1. The molecule has 162 valence electrons. The summed E-state index contributed by atoms with van der Waals surface area (Å²) in [5.74, 6) is -0.430. The van der Waals surface area contributed by atoms with Gasteiger partial charge in [-0.05, 0) is 50.7 Å². The summed E-state index contributed by atoms with van der Waals surface area (Å²) in [5, 5.41) is 6.37. The Kier molecular flexibility index (Phi) is 6.08. The van der Waals surface area contributed by atoms with Gasteiger partial charge < -0.3 is 10.2 Å². The highest BCUT2D eigenvalue weighted by Crippen LogP contribution is 2.33. The summed E-state index contributed by atoms with van der Waals surface area (Å²) in [6.07, 6.45) is 8.21.